The molecule has 5 atom stereocenters. The van der Waals surface area contributed by atoms with E-state index in [1.54, 1.807) is 12.1 Å². The molecule has 0 spiro atoms. The van der Waals surface area contributed by atoms with Crippen molar-refractivity contribution >= 4 is 40.5 Å². The second kappa shape index (κ2) is 5.60. The Hall–Kier alpha value is -1.33. The summed E-state index contributed by atoms with van der Waals surface area (Å²) in [4.78, 5) is 22.9. The standard InChI is InChI=1S/C17H18Cl2N2O3/c18-17(19)13-6-4-11-12(5-7-14(13)17)15(11)16(22)20-9-2-1-3-10(8-9)21(23)24/h1-3,8,11-15H,4-7H2,(H,20,22)/t11-,12-,13-,14+,15?/m1/s1. The molecule has 3 aliphatic carbocycles. The Morgan fingerprint density at radius 2 is 1.79 bits per heavy atom. The van der Waals surface area contributed by atoms with E-state index in [2.05, 4.69) is 5.32 Å². The zero-order valence-corrected chi connectivity index (χ0v) is 14.5. The molecule has 24 heavy (non-hydrogen) atoms. The highest BCUT2D eigenvalue weighted by molar-refractivity contribution is 6.51. The number of hydrogen-bond donors (Lipinski definition) is 1. The third-order valence-corrected chi connectivity index (χ3v) is 7.07. The predicted octanol–water partition coefficient (Wildman–Crippen LogP) is 4.39. The van der Waals surface area contributed by atoms with Gasteiger partial charge in [-0.25, -0.2) is 0 Å². The lowest BCUT2D eigenvalue weighted by molar-refractivity contribution is -0.384. The summed E-state index contributed by atoms with van der Waals surface area (Å²) in [6.07, 6.45) is 3.94. The molecule has 0 aliphatic heterocycles. The second-order valence-electron chi connectivity index (χ2n) is 7.19. The van der Waals surface area contributed by atoms with Gasteiger partial charge in [0.05, 0.1) is 4.92 Å². The summed E-state index contributed by atoms with van der Waals surface area (Å²) >= 11 is 12.6. The fourth-order valence-corrected chi connectivity index (χ4v) is 5.45. The number of carbonyl (C=O) groups excluding carboxylic acids is 1. The summed E-state index contributed by atoms with van der Waals surface area (Å²) in [5, 5.41) is 13.7. The Morgan fingerprint density at radius 3 is 2.38 bits per heavy atom. The first-order valence-electron chi connectivity index (χ1n) is 8.32. The number of nitro groups is 1. The minimum Gasteiger partial charge on any atom is -0.326 e. The summed E-state index contributed by atoms with van der Waals surface area (Å²) < 4.78 is -0.544. The summed E-state index contributed by atoms with van der Waals surface area (Å²) in [5.74, 6) is 1.54. The van der Waals surface area contributed by atoms with Crippen LogP contribution in [-0.2, 0) is 4.79 Å². The topological polar surface area (TPSA) is 72.2 Å². The zero-order chi connectivity index (χ0) is 17.1. The van der Waals surface area contributed by atoms with E-state index in [9.17, 15) is 14.9 Å². The third-order valence-electron chi connectivity index (χ3n) is 5.95. The molecule has 3 aliphatic rings. The van der Waals surface area contributed by atoms with Crippen LogP contribution in [-0.4, -0.2) is 15.2 Å². The van der Waals surface area contributed by atoms with Crippen molar-refractivity contribution in [2.24, 2.45) is 29.6 Å². The number of non-ortho nitro benzene ring substituents is 1. The summed E-state index contributed by atoms with van der Waals surface area (Å²) in [7, 11) is 0. The Balaban J connectivity index is 1.39. The molecule has 4 rings (SSSR count). The number of halogens is 2. The van der Waals surface area contributed by atoms with Gasteiger partial charge in [0.1, 0.15) is 4.33 Å². The number of nitro benzene ring substituents is 1. The maximum atomic E-state index is 12.5. The molecule has 0 saturated heterocycles. The smallest absolute Gasteiger partial charge is 0.271 e. The number of fused-ring (bicyclic) bond motifs is 2. The van der Waals surface area contributed by atoms with Gasteiger partial charge in [-0.15, -0.1) is 23.2 Å². The van der Waals surface area contributed by atoms with E-state index in [1.165, 1.54) is 12.1 Å². The zero-order valence-electron chi connectivity index (χ0n) is 13.0. The van der Waals surface area contributed by atoms with Gasteiger partial charge in [0, 0.05) is 23.7 Å². The molecular weight excluding hydrogens is 351 g/mol. The molecule has 1 unspecified atom stereocenters. The first-order valence-corrected chi connectivity index (χ1v) is 9.08. The van der Waals surface area contributed by atoms with Crippen LogP contribution < -0.4 is 5.32 Å². The molecule has 1 amide bonds. The van der Waals surface area contributed by atoms with Crippen LogP contribution >= 0.6 is 23.2 Å². The summed E-state index contributed by atoms with van der Waals surface area (Å²) in [6, 6.07) is 6.07. The number of carbonyl (C=O) groups is 1. The number of benzene rings is 1. The molecular formula is C17H18Cl2N2O3. The Kier molecular flexibility index (Phi) is 3.77. The summed E-state index contributed by atoms with van der Waals surface area (Å²) in [5.41, 5.74) is 0.465. The third kappa shape index (κ3) is 2.68. The highest BCUT2D eigenvalue weighted by Crippen LogP contribution is 2.67. The number of nitrogens with zero attached hydrogens (tertiary/aromatic N) is 1. The van der Waals surface area contributed by atoms with E-state index in [0.717, 1.165) is 25.7 Å². The first kappa shape index (κ1) is 16.2. The van der Waals surface area contributed by atoms with Crippen molar-refractivity contribution in [2.75, 3.05) is 5.32 Å². The van der Waals surface area contributed by atoms with E-state index in [-0.39, 0.29) is 17.5 Å². The molecule has 7 heteroatoms. The van der Waals surface area contributed by atoms with Crippen LogP contribution in [0.5, 0.6) is 0 Å². The van der Waals surface area contributed by atoms with Crippen LogP contribution in [0.2, 0.25) is 0 Å². The van der Waals surface area contributed by atoms with Crippen LogP contribution in [0, 0.1) is 39.7 Å². The molecule has 5 nitrogen and oxygen atoms in total. The number of rotatable bonds is 3. The Labute approximate surface area is 149 Å². The van der Waals surface area contributed by atoms with Crippen LogP contribution in [0.15, 0.2) is 24.3 Å². The molecule has 0 bridgehead atoms. The highest BCUT2D eigenvalue weighted by Gasteiger charge is 2.65. The number of nitrogens with one attached hydrogen (secondary N) is 1. The number of anilines is 1. The van der Waals surface area contributed by atoms with E-state index in [1.807, 2.05) is 0 Å². The van der Waals surface area contributed by atoms with Crippen molar-refractivity contribution in [3.8, 4) is 0 Å². The minimum atomic E-state index is -0.544. The van der Waals surface area contributed by atoms with Gasteiger partial charge in [-0.1, -0.05) is 6.07 Å². The van der Waals surface area contributed by atoms with E-state index in [0.29, 0.717) is 29.4 Å². The van der Waals surface area contributed by atoms with Gasteiger partial charge in [0.2, 0.25) is 5.91 Å². The number of alkyl halides is 2. The Morgan fingerprint density at radius 1 is 1.17 bits per heavy atom. The highest BCUT2D eigenvalue weighted by atomic mass is 35.5. The van der Waals surface area contributed by atoms with Gasteiger partial charge in [-0.3, -0.25) is 14.9 Å². The average Bonchev–Trinajstić information content (AvgIpc) is 3.32. The van der Waals surface area contributed by atoms with Gasteiger partial charge in [-0.05, 0) is 55.4 Å². The van der Waals surface area contributed by atoms with Crippen LogP contribution in [0.25, 0.3) is 0 Å². The lowest BCUT2D eigenvalue weighted by Gasteiger charge is -2.05. The fourth-order valence-electron chi connectivity index (χ4n) is 4.54. The van der Waals surface area contributed by atoms with Crippen molar-refractivity contribution < 1.29 is 9.72 Å². The van der Waals surface area contributed by atoms with Crippen LogP contribution in [0.3, 0.4) is 0 Å². The van der Waals surface area contributed by atoms with Crippen LogP contribution in [0.1, 0.15) is 25.7 Å². The lowest BCUT2D eigenvalue weighted by atomic mass is 10.0. The largest absolute Gasteiger partial charge is 0.326 e. The van der Waals surface area contributed by atoms with Gasteiger partial charge in [-0.2, -0.15) is 0 Å². The molecule has 0 heterocycles. The maximum absolute atomic E-state index is 12.5. The van der Waals surface area contributed by atoms with Crippen LogP contribution in [0.4, 0.5) is 11.4 Å². The SMILES string of the molecule is O=C(Nc1cccc([N+](=O)[O-])c1)C1[C@@H]2CC[C@@H]3[C@H](CC[C@@H]12)C3(Cl)Cl. The molecule has 0 radical (unpaired) electrons. The Bertz CT molecular complexity index is 687. The minimum absolute atomic E-state index is 0.0156. The molecule has 1 N–H and O–H groups in total. The molecule has 1 aromatic rings. The quantitative estimate of drug-likeness (QED) is 0.488. The number of hydrogen-bond acceptors (Lipinski definition) is 3. The van der Waals surface area contributed by atoms with E-state index < -0.39 is 9.26 Å². The van der Waals surface area contributed by atoms with Crippen molar-refractivity contribution in [1.82, 2.24) is 0 Å². The van der Waals surface area contributed by atoms with Crippen molar-refractivity contribution in [3.63, 3.8) is 0 Å². The van der Waals surface area contributed by atoms with E-state index in [4.69, 9.17) is 23.2 Å². The monoisotopic (exact) mass is 368 g/mol. The maximum Gasteiger partial charge on any atom is 0.271 e. The van der Waals surface area contributed by atoms with Gasteiger partial charge < -0.3 is 5.32 Å². The second-order valence-corrected chi connectivity index (χ2v) is 8.64. The van der Waals surface area contributed by atoms with Gasteiger partial charge >= 0.3 is 0 Å². The molecule has 1 aromatic carbocycles. The number of amides is 1. The lowest BCUT2D eigenvalue weighted by Crippen LogP contribution is -2.15. The first-order chi connectivity index (χ1) is 11.4. The molecule has 128 valence electrons. The van der Waals surface area contributed by atoms with E-state index >= 15 is 0 Å². The summed E-state index contributed by atoms with van der Waals surface area (Å²) in [6.45, 7) is 0. The predicted molar refractivity (Wildman–Crippen MR) is 92.1 cm³/mol. The fraction of sp³-hybridized carbons (Fsp3) is 0.588. The normalized spacial score (nSPS) is 35.7. The van der Waals surface area contributed by atoms with Gasteiger partial charge in [0.25, 0.3) is 5.69 Å². The molecule has 3 saturated carbocycles. The molecule has 0 aromatic heterocycles. The van der Waals surface area contributed by atoms with Crippen molar-refractivity contribution in [3.05, 3.63) is 34.4 Å². The average molecular weight is 369 g/mol. The van der Waals surface area contributed by atoms with Crippen molar-refractivity contribution in [2.45, 2.75) is 30.0 Å². The van der Waals surface area contributed by atoms with Crippen molar-refractivity contribution in [1.29, 1.82) is 0 Å². The molecule has 3 fully saturated rings. The van der Waals surface area contributed by atoms with Gasteiger partial charge in [0.15, 0.2) is 0 Å².